The van der Waals surface area contributed by atoms with Crippen LogP contribution in [0.1, 0.15) is 33.0 Å². The number of aromatic carboxylic acids is 1. The van der Waals surface area contributed by atoms with Crippen LogP contribution < -0.4 is 5.32 Å². The van der Waals surface area contributed by atoms with Crippen molar-refractivity contribution in [3.63, 3.8) is 0 Å². The molecule has 20 heavy (non-hydrogen) atoms. The van der Waals surface area contributed by atoms with Crippen LogP contribution in [0.25, 0.3) is 0 Å². The minimum Gasteiger partial charge on any atom is -0.477 e. The molecule has 0 unspecified atom stereocenters. The molecular formula is C14H19N3O2S. The largest absolute Gasteiger partial charge is 0.477 e. The number of carbonyl (C=O) groups is 1. The summed E-state index contributed by atoms with van der Waals surface area (Å²) in [6.45, 7) is 4.63. The zero-order valence-corrected chi connectivity index (χ0v) is 12.3. The van der Waals surface area contributed by atoms with Crippen molar-refractivity contribution in [2.24, 2.45) is 0 Å². The first-order chi connectivity index (χ1) is 9.66. The van der Waals surface area contributed by atoms with E-state index in [-0.39, 0.29) is 0 Å². The van der Waals surface area contributed by atoms with Gasteiger partial charge in [0, 0.05) is 30.4 Å². The van der Waals surface area contributed by atoms with E-state index in [1.807, 2.05) is 19.4 Å². The minimum absolute atomic E-state index is 0.416. The third-order valence-corrected chi connectivity index (χ3v) is 4.21. The lowest BCUT2D eigenvalue weighted by molar-refractivity contribution is 0.0702. The molecule has 0 amide bonds. The van der Waals surface area contributed by atoms with Gasteiger partial charge in [0.25, 0.3) is 0 Å². The Morgan fingerprint density at radius 1 is 1.50 bits per heavy atom. The van der Waals surface area contributed by atoms with Gasteiger partial charge in [-0.25, -0.2) is 9.78 Å². The van der Waals surface area contributed by atoms with Gasteiger partial charge < -0.3 is 15.0 Å². The van der Waals surface area contributed by atoms with E-state index >= 15 is 0 Å². The molecule has 2 aromatic heterocycles. The number of thiophene rings is 1. The number of carboxylic acids is 1. The van der Waals surface area contributed by atoms with E-state index in [9.17, 15) is 4.79 Å². The fourth-order valence-electron chi connectivity index (χ4n) is 1.99. The summed E-state index contributed by atoms with van der Waals surface area (Å²) in [5, 5.41) is 12.3. The van der Waals surface area contributed by atoms with Gasteiger partial charge in [-0.1, -0.05) is 0 Å². The van der Waals surface area contributed by atoms with Crippen molar-refractivity contribution >= 4 is 17.3 Å². The number of hydrogen-bond acceptors (Lipinski definition) is 4. The summed E-state index contributed by atoms with van der Waals surface area (Å²) in [5.74, 6) is -0.843. The van der Waals surface area contributed by atoms with Crippen molar-refractivity contribution in [3.05, 3.63) is 40.1 Å². The molecule has 108 valence electrons. The number of aromatic nitrogens is 2. The molecule has 0 aliphatic carbocycles. The van der Waals surface area contributed by atoms with Crippen molar-refractivity contribution in [2.45, 2.75) is 32.9 Å². The topological polar surface area (TPSA) is 67.2 Å². The predicted molar refractivity (Wildman–Crippen MR) is 79.2 cm³/mol. The summed E-state index contributed by atoms with van der Waals surface area (Å²) in [7, 11) is 0. The number of nitrogens with one attached hydrogen (secondary N) is 1. The second-order valence-electron chi connectivity index (χ2n) is 4.68. The number of imidazole rings is 1. The molecule has 0 aliphatic rings. The molecule has 0 bridgehead atoms. The van der Waals surface area contributed by atoms with Gasteiger partial charge >= 0.3 is 5.97 Å². The van der Waals surface area contributed by atoms with Gasteiger partial charge in [-0.3, -0.25) is 0 Å². The molecule has 5 nitrogen and oxygen atoms in total. The molecule has 2 rings (SSSR count). The summed E-state index contributed by atoms with van der Waals surface area (Å²) < 4.78 is 2.07. The summed E-state index contributed by atoms with van der Waals surface area (Å²) in [5.41, 5.74) is 1.09. The standard InChI is InChI=1S/C14H19N3O2S/c1-11-12(8-13(20-11)14(18)19)9-15-4-2-3-6-17-7-5-16-10-17/h5,7-8,10,15H,2-4,6,9H2,1H3,(H,18,19). The number of rotatable bonds is 8. The third-order valence-electron chi connectivity index (χ3n) is 3.13. The third kappa shape index (κ3) is 4.18. The molecule has 2 heterocycles. The van der Waals surface area contributed by atoms with Gasteiger partial charge in [-0.05, 0) is 37.9 Å². The molecule has 0 radical (unpaired) electrons. The highest BCUT2D eigenvalue weighted by molar-refractivity contribution is 7.14. The Morgan fingerprint density at radius 3 is 3.00 bits per heavy atom. The highest BCUT2D eigenvalue weighted by atomic mass is 32.1. The maximum atomic E-state index is 10.9. The predicted octanol–water partition coefficient (Wildman–Crippen LogP) is 2.52. The van der Waals surface area contributed by atoms with Crippen LogP contribution in [0.3, 0.4) is 0 Å². The molecule has 0 aliphatic heterocycles. The van der Waals surface area contributed by atoms with Gasteiger partial charge in [-0.15, -0.1) is 11.3 Å². The quantitative estimate of drug-likeness (QED) is 0.734. The summed E-state index contributed by atoms with van der Waals surface area (Å²) in [6.07, 6.45) is 7.78. The van der Waals surface area contributed by atoms with Crippen LogP contribution >= 0.6 is 11.3 Å². The number of nitrogens with zero attached hydrogens (tertiary/aromatic N) is 2. The van der Waals surface area contributed by atoms with Crippen molar-refractivity contribution in [2.75, 3.05) is 6.54 Å². The summed E-state index contributed by atoms with van der Waals surface area (Å²) in [4.78, 5) is 16.4. The van der Waals surface area contributed by atoms with Gasteiger partial charge in [0.1, 0.15) is 4.88 Å². The molecule has 6 heteroatoms. The Balaban J connectivity index is 1.64. The Labute approximate surface area is 122 Å². The Kier molecular flexibility index (Phi) is 5.31. The molecule has 0 fully saturated rings. The molecule has 2 N–H and O–H groups in total. The maximum absolute atomic E-state index is 10.9. The normalized spacial score (nSPS) is 10.8. The monoisotopic (exact) mass is 293 g/mol. The van der Waals surface area contributed by atoms with E-state index in [0.717, 1.165) is 42.9 Å². The fourth-order valence-corrected chi connectivity index (χ4v) is 2.87. The zero-order chi connectivity index (χ0) is 14.4. The molecule has 0 saturated carbocycles. The number of unbranched alkanes of at least 4 members (excludes halogenated alkanes) is 1. The lowest BCUT2D eigenvalue weighted by atomic mass is 10.2. The number of aryl methyl sites for hydroxylation is 2. The molecule has 0 spiro atoms. The van der Waals surface area contributed by atoms with Crippen LogP contribution in [-0.2, 0) is 13.1 Å². The smallest absolute Gasteiger partial charge is 0.345 e. The van der Waals surface area contributed by atoms with E-state index in [1.165, 1.54) is 11.3 Å². The van der Waals surface area contributed by atoms with Gasteiger partial charge in [0.05, 0.1) is 6.33 Å². The second-order valence-corrected chi connectivity index (χ2v) is 5.94. The van der Waals surface area contributed by atoms with Gasteiger partial charge in [-0.2, -0.15) is 0 Å². The van der Waals surface area contributed by atoms with E-state index in [1.54, 1.807) is 12.3 Å². The van der Waals surface area contributed by atoms with Crippen LogP contribution in [0.5, 0.6) is 0 Å². The van der Waals surface area contributed by atoms with Crippen molar-refractivity contribution in [3.8, 4) is 0 Å². The van der Waals surface area contributed by atoms with Gasteiger partial charge in [0.15, 0.2) is 0 Å². The van der Waals surface area contributed by atoms with Crippen LogP contribution in [0, 0.1) is 6.92 Å². The van der Waals surface area contributed by atoms with E-state index in [2.05, 4.69) is 14.9 Å². The first kappa shape index (κ1) is 14.7. The van der Waals surface area contributed by atoms with Crippen molar-refractivity contribution < 1.29 is 9.90 Å². The second kappa shape index (κ2) is 7.21. The molecule has 0 aromatic carbocycles. The van der Waals surface area contributed by atoms with E-state index in [0.29, 0.717) is 4.88 Å². The maximum Gasteiger partial charge on any atom is 0.345 e. The SMILES string of the molecule is Cc1sc(C(=O)O)cc1CNCCCCn1ccnc1. The molecule has 0 saturated heterocycles. The van der Waals surface area contributed by atoms with Crippen molar-refractivity contribution in [1.82, 2.24) is 14.9 Å². The number of carboxylic acid groups (broad SMARTS) is 1. The van der Waals surface area contributed by atoms with Crippen molar-refractivity contribution in [1.29, 1.82) is 0 Å². The first-order valence-electron chi connectivity index (χ1n) is 6.66. The van der Waals surface area contributed by atoms with Crippen LogP contribution in [0.2, 0.25) is 0 Å². The zero-order valence-electron chi connectivity index (χ0n) is 11.5. The first-order valence-corrected chi connectivity index (χ1v) is 7.47. The Morgan fingerprint density at radius 2 is 2.35 bits per heavy atom. The Hall–Kier alpha value is -1.66. The average Bonchev–Trinajstić information content (AvgIpc) is 3.04. The molecular weight excluding hydrogens is 274 g/mol. The number of hydrogen-bond donors (Lipinski definition) is 2. The lowest BCUT2D eigenvalue weighted by Gasteiger charge is -2.05. The summed E-state index contributed by atoms with van der Waals surface area (Å²) >= 11 is 1.34. The van der Waals surface area contributed by atoms with Crippen LogP contribution in [-0.4, -0.2) is 27.2 Å². The van der Waals surface area contributed by atoms with Gasteiger partial charge in [0.2, 0.25) is 0 Å². The average molecular weight is 293 g/mol. The molecule has 2 aromatic rings. The van der Waals surface area contributed by atoms with E-state index < -0.39 is 5.97 Å². The fraction of sp³-hybridized carbons (Fsp3) is 0.429. The van der Waals surface area contributed by atoms with Crippen LogP contribution in [0.15, 0.2) is 24.8 Å². The van der Waals surface area contributed by atoms with Crippen LogP contribution in [0.4, 0.5) is 0 Å². The van der Waals surface area contributed by atoms with E-state index in [4.69, 9.17) is 5.11 Å². The summed E-state index contributed by atoms with van der Waals surface area (Å²) in [6, 6.07) is 1.76. The lowest BCUT2D eigenvalue weighted by Crippen LogP contribution is -2.15. The minimum atomic E-state index is -0.843. The molecule has 0 atom stereocenters. The Bertz CT molecular complexity index is 549. The highest BCUT2D eigenvalue weighted by Crippen LogP contribution is 2.21. The highest BCUT2D eigenvalue weighted by Gasteiger charge is 2.10.